The van der Waals surface area contributed by atoms with E-state index in [0.717, 1.165) is 55.6 Å². The van der Waals surface area contributed by atoms with Crippen LogP contribution in [0.25, 0.3) is 0 Å². The second-order valence-electron chi connectivity index (χ2n) is 7.53. The number of rotatable bonds is 6. The molecule has 0 bridgehead atoms. The Morgan fingerprint density at radius 1 is 1.10 bits per heavy atom. The van der Waals surface area contributed by atoms with E-state index in [1.54, 1.807) is 19.5 Å². The van der Waals surface area contributed by atoms with Crippen molar-refractivity contribution in [3.05, 3.63) is 71.8 Å². The summed E-state index contributed by atoms with van der Waals surface area (Å²) in [5.74, 6) is 2.93. The van der Waals surface area contributed by atoms with Gasteiger partial charge in [-0.05, 0) is 56.6 Å². The zero-order valence-electron chi connectivity index (χ0n) is 17.0. The number of likely N-dealkylation sites (tertiary alicyclic amines) is 1. The van der Waals surface area contributed by atoms with Gasteiger partial charge in [0, 0.05) is 30.4 Å². The molecule has 29 heavy (non-hydrogen) atoms. The van der Waals surface area contributed by atoms with E-state index >= 15 is 0 Å². The highest BCUT2D eigenvalue weighted by molar-refractivity contribution is 5.50. The summed E-state index contributed by atoms with van der Waals surface area (Å²) >= 11 is 0. The molecule has 1 N–H and O–H groups in total. The molecular weight excluding hydrogens is 362 g/mol. The summed E-state index contributed by atoms with van der Waals surface area (Å²) in [6.45, 7) is 5.10. The van der Waals surface area contributed by atoms with Crippen LogP contribution in [-0.4, -0.2) is 40.1 Å². The van der Waals surface area contributed by atoms with Crippen molar-refractivity contribution in [2.45, 2.75) is 32.2 Å². The molecule has 0 unspecified atom stereocenters. The molecule has 4 rings (SSSR count). The maximum atomic E-state index is 5.56. The number of hydrogen-bond acceptors (Lipinski definition) is 6. The van der Waals surface area contributed by atoms with Gasteiger partial charge in [-0.3, -0.25) is 9.88 Å². The summed E-state index contributed by atoms with van der Waals surface area (Å²) in [4.78, 5) is 16.0. The molecule has 6 nitrogen and oxygen atoms in total. The maximum Gasteiger partial charge on any atom is 0.150 e. The van der Waals surface area contributed by atoms with Crippen molar-refractivity contribution < 1.29 is 4.74 Å². The summed E-state index contributed by atoms with van der Waals surface area (Å²) < 4.78 is 5.56. The summed E-state index contributed by atoms with van der Waals surface area (Å²) in [7, 11) is 1.75. The fourth-order valence-electron chi connectivity index (χ4n) is 3.82. The van der Waals surface area contributed by atoms with Gasteiger partial charge in [0.05, 0.1) is 19.0 Å². The Morgan fingerprint density at radius 2 is 1.97 bits per heavy atom. The zero-order valence-corrected chi connectivity index (χ0v) is 17.0. The molecule has 0 spiro atoms. The predicted octanol–water partition coefficient (Wildman–Crippen LogP) is 4.31. The normalized spacial score (nSPS) is 15.2. The fourth-order valence-corrected chi connectivity index (χ4v) is 3.82. The SMILES string of the molecule is COc1cc(C)ccc1CN1CCC(c2cncc(Nc3ccccn3)n2)CC1. The van der Waals surface area contributed by atoms with E-state index in [1.165, 1.54) is 11.1 Å². The summed E-state index contributed by atoms with van der Waals surface area (Å²) in [6.07, 6.45) is 7.56. The number of methoxy groups -OCH3 is 1. The third-order valence-corrected chi connectivity index (χ3v) is 5.42. The third-order valence-electron chi connectivity index (χ3n) is 5.42. The van der Waals surface area contributed by atoms with Crippen molar-refractivity contribution in [1.82, 2.24) is 19.9 Å². The standard InChI is InChI=1S/C23H27N5O/c1-17-6-7-19(21(13-17)29-2)16-28-11-8-18(9-12-28)20-14-24-15-23(26-20)27-22-5-3-4-10-25-22/h3-7,10,13-15,18H,8-9,11-12,16H2,1-2H3,(H,25,26,27). The lowest BCUT2D eigenvalue weighted by Gasteiger charge is -2.32. The van der Waals surface area contributed by atoms with E-state index in [1.807, 2.05) is 24.4 Å². The molecular formula is C23H27N5O. The molecule has 3 aromatic rings. The van der Waals surface area contributed by atoms with E-state index in [9.17, 15) is 0 Å². The average molecular weight is 390 g/mol. The van der Waals surface area contributed by atoms with Gasteiger partial charge in [0.1, 0.15) is 17.4 Å². The van der Waals surface area contributed by atoms with Gasteiger partial charge >= 0.3 is 0 Å². The number of hydrogen-bond donors (Lipinski definition) is 1. The molecule has 1 saturated heterocycles. The van der Waals surface area contributed by atoms with Crippen molar-refractivity contribution in [1.29, 1.82) is 0 Å². The van der Waals surface area contributed by atoms with Crippen molar-refractivity contribution in [2.75, 3.05) is 25.5 Å². The molecule has 0 radical (unpaired) electrons. The maximum absolute atomic E-state index is 5.56. The van der Waals surface area contributed by atoms with Crippen LogP contribution in [0.15, 0.2) is 55.0 Å². The van der Waals surface area contributed by atoms with Gasteiger partial charge in [0.15, 0.2) is 0 Å². The molecule has 6 heteroatoms. The average Bonchev–Trinajstić information content (AvgIpc) is 2.76. The van der Waals surface area contributed by atoms with Gasteiger partial charge < -0.3 is 10.1 Å². The highest BCUT2D eigenvalue weighted by atomic mass is 16.5. The monoisotopic (exact) mass is 389 g/mol. The number of benzene rings is 1. The lowest BCUT2D eigenvalue weighted by molar-refractivity contribution is 0.201. The number of pyridine rings is 1. The summed E-state index contributed by atoms with van der Waals surface area (Å²) in [6, 6.07) is 12.2. The highest BCUT2D eigenvalue weighted by Gasteiger charge is 2.23. The second kappa shape index (κ2) is 9.01. The van der Waals surface area contributed by atoms with Crippen molar-refractivity contribution in [2.24, 2.45) is 0 Å². The lowest BCUT2D eigenvalue weighted by Crippen LogP contribution is -2.32. The minimum atomic E-state index is 0.434. The predicted molar refractivity (Wildman–Crippen MR) is 115 cm³/mol. The van der Waals surface area contributed by atoms with Crippen LogP contribution in [0.4, 0.5) is 11.6 Å². The molecule has 1 fully saturated rings. The number of anilines is 2. The van der Waals surface area contributed by atoms with Gasteiger partial charge in [-0.1, -0.05) is 18.2 Å². The number of piperidine rings is 1. The van der Waals surface area contributed by atoms with Gasteiger partial charge in [-0.15, -0.1) is 0 Å². The van der Waals surface area contributed by atoms with E-state index < -0.39 is 0 Å². The molecule has 1 aromatic carbocycles. The van der Waals surface area contributed by atoms with Gasteiger partial charge in [-0.25, -0.2) is 9.97 Å². The van der Waals surface area contributed by atoms with Crippen LogP contribution in [0.2, 0.25) is 0 Å². The Kier molecular flexibility index (Phi) is 6.00. The number of aromatic nitrogens is 3. The molecule has 0 atom stereocenters. The Balaban J connectivity index is 1.37. The number of nitrogens with zero attached hydrogens (tertiary/aromatic N) is 4. The first-order chi connectivity index (χ1) is 14.2. The van der Waals surface area contributed by atoms with Crippen LogP contribution in [0.5, 0.6) is 5.75 Å². The third kappa shape index (κ3) is 4.90. The number of aryl methyl sites for hydroxylation is 1. The minimum Gasteiger partial charge on any atom is -0.496 e. The van der Waals surface area contributed by atoms with Crippen molar-refractivity contribution >= 4 is 11.6 Å². The summed E-state index contributed by atoms with van der Waals surface area (Å²) in [5.41, 5.74) is 3.53. The number of ether oxygens (including phenoxy) is 1. The van der Waals surface area contributed by atoms with Crippen LogP contribution in [0.3, 0.4) is 0 Å². The second-order valence-corrected chi connectivity index (χ2v) is 7.53. The first-order valence-corrected chi connectivity index (χ1v) is 10.1. The summed E-state index contributed by atoms with van der Waals surface area (Å²) in [5, 5.41) is 3.23. The molecule has 2 aromatic heterocycles. The Bertz CT molecular complexity index is 939. The largest absolute Gasteiger partial charge is 0.496 e. The van der Waals surface area contributed by atoms with E-state index in [2.05, 4.69) is 45.3 Å². The first-order valence-electron chi connectivity index (χ1n) is 10.1. The highest BCUT2D eigenvalue weighted by Crippen LogP contribution is 2.29. The van der Waals surface area contributed by atoms with Crippen LogP contribution < -0.4 is 10.1 Å². The molecule has 0 saturated carbocycles. The first kappa shape index (κ1) is 19.3. The van der Waals surface area contributed by atoms with Crippen molar-refractivity contribution in [3.63, 3.8) is 0 Å². The van der Waals surface area contributed by atoms with Crippen LogP contribution >= 0.6 is 0 Å². The zero-order chi connectivity index (χ0) is 20.1. The lowest BCUT2D eigenvalue weighted by atomic mass is 9.93. The van der Waals surface area contributed by atoms with Crippen LogP contribution in [0.1, 0.15) is 35.6 Å². The Labute approximate surface area is 172 Å². The quantitative estimate of drug-likeness (QED) is 0.678. The van der Waals surface area contributed by atoms with Crippen LogP contribution in [0, 0.1) is 6.92 Å². The Morgan fingerprint density at radius 3 is 2.72 bits per heavy atom. The molecule has 1 aliphatic rings. The van der Waals surface area contributed by atoms with Gasteiger partial charge in [0.25, 0.3) is 0 Å². The smallest absolute Gasteiger partial charge is 0.150 e. The van der Waals surface area contributed by atoms with Gasteiger partial charge in [0.2, 0.25) is 0 Å². The van der Waals surface area contributed by atoms with Gasteiger partial charge in [-0.2, -0.15) is 0 Å². The molecule has 150 valence electrons. The van der Waals surface area contributed by atoms with Crippen LogP contribution in [-0.2, 0) is 6.54 Å². The fraction of sp³-hybridized carbons (Fsp3) is 0.348. The molecule has 1 aliphatic heterocycles. The number of nitrogens with one attached hydrogen (secondary N) is 1. The minimum absolute atomic E-state index is 0.434. The van der Waals surface area contributed by atoms with E-state index in [4.69, 9.17) is 9.72 Å². The molecule has 0 amide bonds. The molecule has 3 heterocycles. The Hall–Kier alpha value is -2.99. The van der Waals surface area contributed by atoms with Crippen molar-refractivity contribution in [3.8, 4) is 5.75 Å². The molecule has 0 aliphatic carbocycles. The van der Waals surface area contributed by atoms with E-state index in [0.29, 0.717) is 5.92 Å². The van der Waals surface area contributed by atoms with E-state index in [-0.39, 0.29) is 0 Å². The topological polar surface area (TPSA) is 63.2 Å².